The quantitative estimate of drug-likeness (QED) is 0.475. The molecule has 0 aromatic heterocycles. The van der Waals surface area contributed by atoms with E-state index in [9.17, 15) is 4.39 Å². The Morgan fingerprint density at radius 1 is 0.714 bits per heavy atom. The van der Waals surface area contributed by atoms with Crippen LogP contribution >= 0.6 is 23.2 Å². The molecule has 0 fully saturated rings. The molecule has 0 saturated heterocycles. The van der Waals surface area contributed by atoms with Crippen molar-refractivity contribution in [2.24, 2.45) is 0 Å². The summed E-state index contributed by atoms with van der Waals surface area (Å²) in [5.74, 6) is -0.359. The maximum absolute atomic E-state index is 14.9. The van der Waals surface area contributed by atoms with Gasteiger partial charge in [-0.25, -0.2) is 4.39 Å². The largest absolute Gasteiger partial charge is 0.206 e. The standard InChI is InChI=1S/C18H11Cl2F/c19-15-11-14(12-7-3-1-4-8-12)18(21)16(17(15)20)13-9-5-2-6-10-13/h1-11H. The minimum atomic E-state index is -0.359. The van der Waals surface area contributed by atoms with Gasteiger partial charge in [0.2, 0.25) is 0 Å². The molecule has 0 bridgehead atoms. The van der Waals surface area contributed by atoms with E-state index in [0.717, 1.165) is 5.56 Å². The predicted molar refractivity (Wildman–Crippen MR) is 87.3 cm³/mol. The molecule has 0 atom stereocenters. The highest BCUT2D eigenvalue weighted by atomic mass is 35.5. The molecule has 0 aliphatic rings. The Hall–Kier alpha value is -1.83. The van der Waals surface area contributed by atoms with Crippen LogP contribution in [0.1, 0.15) is 0 Å². The first-order chi connectivity index (χ1) is 10.2. The smallest absolute Gasteiger partial charge is 0.140 e. The van der Waals surface area contributed by atoms with Gasteiger partial charge in [-0.1, -0.05) is 83.9 Å². The van der Waals surface area contributed by atoms with E-state index in [4.69, 9.17) is 23.2 Å². The average molecular weight is 317 g/mol. The Bertz CT molecular complexity index is 768. The number of halogens is 3. The van der Waals surface area contributed by atoms with Crippen LogP contribution in [0.4, 0.5) is 4.39 Å². The second kappa shape index (κ2) is 5.88. The molecule has 3 aromatic rings. The second-order valence-corrected chi connectivity index (χ2v) is 5.43. The summed E-state index contributed by atoms with van der Waals surface area (Å²) in [4.78, 5) is 0. The van der Waals surface area contributed by atoms with Crippen molar-refractivity contribution in [3.05, 3.63) is 82.6 Å². The SMILES string of the molecule is Fc1c(-c2ccccc2)cc(Cl)c(Cl)c1-c1ccccc1. The molecule has 0 aliphatic carbocycles. The van der Waals surface area contributed by atoms with Crippen molar-refractivity contribution >= 4 is 23.2 Å². The van der Waals surface area contributed by atoms with Gasteiger partial charge in [0.25, 0.3) is 0 Å². The zero-order valence-corrected chi connectivity index (χ0v) is 12.5. The molecule has 0 heterocycles. The molecule has 21 heavy (non-hydrogen) atoms. The van der Waals surface area contributed by atoms with E-state index in [0.29, 0.717) is 21.7 Å². The Morgan fingerprint density at radius 2 is 1.24 bits per heavy atom. The van der Waals surface area contributed by atoms with E-state index in [-0.39, 0.29) is 10.8 Å². The van der Waals surface area contributed by atoms with Gasteiger partial charge in [-0.2, -0.15) is 0 Å². The highest BCUT2D eigenvalue weighted by molar-refractivity contribution is 6.44. The average Bonchev–Trinajstić information content (AvgIpc) is 2.53. The molecule has 0 spiro atoms. The number of benzene rings is 3. The van der Waals surface area contributed by atoms with Gasteiger partial charge in [0.05, 0.1) is 10.0 Å². The Morgan fingerprint density at radius 3 is 1.81 bits per heavy atom. The van der Waals surface area contributed by atoms with Crippen molar-refractivity contribution in [3.63, 3.8) is 0 Å². The molecule has 0 aliphatic heterocycles. The fourth-order valence-electron chi connectivity index (χ4n) is 2.29. The van der Waals surface area contributed by atoms with Gasteiger partial charge in [-0.15, -0.1) is 0 Å². The summed E-state index contributed by atoms with van der Waals surface area (Å²) >= 11 is 12.4. The van der Waals surface area contributed by atoms with E-state index >= 15 is 0 Å². The number of hydrogen-bond acceptors (Lipinski definition) is 0. The molecule has 0 saturated carbocycles. The maximum Gasteiger partial charge on any atom is 0.140 e. The Labute approximate surface area is 132 Å². The molecular weight excluding hydrogens is 306 g/mol. The zero-order valence-electron chi connectivity index (χ0n) is 11.0. The minimum Gasteiger partial charge on any atom is -0.206 e. The number of hydrogen-bond donors (Lipinski definition) is 0. The molecule has 3 aromatic carbocycles. The van der Waals surface area contributed by atoms with Gasteiger partial charge in [-0.05, 0) is 17.2 Å². The lowest BCUT2D eigenvalue weighted by Crippen LogP contribution is -1.92. The molecule has 3 heteroatoms. The van der Waals surface area contributed by atoms with Crippen LogP contribution in [-0.4, -0.2) is 0 Å². The minimum absolute atomic E-state index is 0.236. The lowest BCUT2D eigenvalue weighted by molar-refractivity contribution is 0.635. The summed E-state index contributed by atoms with van der Waals surface area (Å²) in [6, 6.07) is 20.1. The lowest BCUT2D eigenvalue weighted by atomic mass is 9.98. The predicted octanol–water partition coefficient (Wildman–Crippen LogP) is 6.47. The van der Waals surface area contributed by atoms with Gasteiger partial charge in [-0.3, -0.25) is 0 Å². The first-order valence-electron chi connectivity index (χ1n) is 6.47. The monoisotopic (exact) mass is 316 g/mol. The topological polar surface area (TPSA) is 0 Å². The third-order valence-corrected chi connectivity index (χ3v) is 4.09. The second-order valence-electron chi connectivity index (χ2n) is 4.64. The Kier molecular flexibility index (Phi) is 3.96. The third-order valence-electron chi connectivity index (χ3n) is 3.30. The highest BCUT2D eigenvalue weighted by Crippen LogP contribution is 2.40. The van der Waals surface area contributed by atoms with Gasteiger partial charge in [0.15, 0.2) is 0 Å². The Balaban J connectivity index is 2.29. The van der Waals surface area contributed by atoms with Gasteiger partial charge >= 0.3 is 0 Å². The normalized spacial score (nSPS) is 10.6. The summed E-state index contributed by atoms with van der Waals surface area (Å²) in [5, 5.41) is 0.579. The van der Waals surface area contributed by atoms with Gasteiger partial charge in [0, 0.05) is 11.1 Å². The summed E-state index contributed by atoms with van der Waals surface area (Å²) in [5.41, 5.74) is 2.26. The first kappa shape index (κ1) is 14.1. The fraction of sp³-hybridized carbons (Fsp3) is 0. The van der Waals surface area contributed by atoms with Crippen LogP contribution in [0.15, 0.2) is 66.7 Å². The van der Waals surface area contributed by atoms with E-state index in [2.05, 4.69) is 0 Å². The van der Waals surface area contributed by atoms with Crippen molar-refractivity contribution in [1.82, 2.24) is 0 Å². The molecular formula is C18H11Cl2F. The van der Waals surface area contributed by atoms with Crippen molar-refractivity contribution in [1.29, 1.82) is 0 Å². The molecule has 0 radical (unpaired) electrons. The lowest BCUT2D eigenvalue weighted by Gasteiger charge is -2.13. The van der Waals surface area contributed by atoms with Crippen LogP contribution in [0, 0.1) is 5.82 Å². The van der Waals surface area contributed by atoms with Crippen LogP contribution in [0.3, 0.4) is 0 Å². The summed E-state index contributed by atoms with van der Waals surface area (Å²) < 4.78 is 14.9. The van der Waals surface area contributed by atoms with Crippen molar-refractivity contribution in [2.75, 3.05) is 0 Å². The van der Waals surface area contributed by atoms with E-state index in [1.807, 2.05) is 60.7 Å². The van der Waals surface area contributed by atoms with Crippen LogP contribution in [0.25, 0.3) is 22.3 Å². The van der Waals surface area contributed by atoms with Crippen LogP contribution in [-0.2, 0) is 0 Å². The highest BCUT2D eigenvalue weighted by Gasteiger charge is 2.18. The summed E-state index contributed by atoms with van der Waals surface area (Å²) in [7, 11) is 0. The molecule has 0 unspecified atom stereocenters. The maximum atomic E-state index is 14.9. The molecule has 0 nitrogen and oxygen atoms in total. The van der Waals surface area contributed by atoms with Gasteiger partial charge < -0.3 is 0 Å². The summed E-state index contributed by atoms with van der Waals surface area (Å²) in [6.45, 7) is 0. The van der Waals surface area contributed by atoms with Crippen LogP contribution in [0.5, 0.6) is 0 Å². The molecule has 0 N–H and O–H groups in total. The zero-order chi connectivity index (χ0) is 14.8. The summed E-state index contributed by atoms with van der Waals surface area (Å²) in [6.07, 6.45) is 0. The molecule has 104 valence electrons. The van der Waals surface area contributed by atoms with Crippen molar-refractivity contribution in [3.8, 4) is 22.3 Å². The van der Waals surface area contributed by atoms with E-state index in [1.54, 1.807) is 6.07 Å². The van der Waals surface area contributed by atoms with Crippen molar-refractivity contribution < 1.29 is 4.39 Å². The fourth-order valence-corrected chi connectivity index (χ4v) is 2.74. The third kappa shape index (κ3) is 2.67. The van der Waals surface area contributed by atoms with Crippen LogP contribution in [0.2, 0.25) is 10.0 Å². The number of rotatable bonds is 2. The molecule has 3 rings (SSSR count). The van der Waals surface area contributed by atoms with Crippen LogP contribution < -0.4 is 0 Å². The van der Waals surface area contributed by atoms with E-state index in [1.165, 1.54) is 0 Å². The van der Waals surface area contributed by atoms with E-state index < -0.39 is 0 Å². The first-order valence-corrected chi connectivity index (χ1v) is 7.22. The molecule has 0 amide bonds. The van der Waals surface area contributed by atoms with Crippen molar-refractivity contribution in [2.45, 2.75) is 0 Å². The van der Waals surface area contributed by atoms with Gasteiger partial charge in [0.1, 0.15) is 5.82 Å².